The smallest absolute Gasteiger partial charge is 0.425 e. The molecule has 1 aromatic carbocycles. The van der Waals surface area contributed by atoms with Crippen molar-refractivity contribution in [3.05, 3.63) is 29.6 Å². The maximum Gasteiger partial charge on any atom is 0.425 e. The Bertz CT molecular complexity index is 1190. The molecule has 2 N–H and O–H groups in total. The van der Waals surface area contributed by atoms with E-state index in [0.717, 1.165) is 6.07 Å². The first-order valence-corrected chi connectivity index (χ1v) is 13.4. The Labute approximate surface area is 212 Å². The predicted octanol–water partition coefficient (Wildman–Crippen LogP) is 4.93. The third-order valence-electron chi connectivity index (χ3n) is 6.46. The number of carbonyl (C=O) groups is 2. The first-order valence-electron chi connectivity index (χ1n) is 11.9. The SMILES string of the molecule is CC(C)(C)OC(=O)N(C(=O)OC(C)(C)C)C1=N[C@](C)(c2cc(N)ccc2F)[C@@H]2CCC[C@@]1(C)S2(=O)=O. The number of sulfone groups is 1. The Kier molecular flexibility index (Phi) is 6.75. The van der Waals surface area contributed by atoms with Crippen molar-refractivity contribution in [2.45, 2.75) is 101 Å². The molecule has 9 nitrogen and oxygen atoms in total. The van der Waals surface area contributed by atoms with Crippen LogP contribution in [-0.4, -0.2) is 52.5 Å². The molecule has 0 spiro atoms. The van der Waals surface area contributed by atoms with E-state index in [2.05, 4.69) is 0 Å². The minimum absolute atomic E-state index is 0.0362. The second-order valence-corrected chi connectivity index (χ2v) is 14.3. The number of ether oxygens (including phenoxy) is 2. The van der Waals surface area contributed by atoms with E-state index in [1.807, 2.05) is 0 Å². The third kappa shape index (κ3) is 4.81. The summed E-state index contributed by atoms with van der Waals surface area (Å²) < 4.78 is 52.5. The van der Waals surface area contributed by atoms with Gasteiger partial charge in [0, 0.05) is 11.3 Å². The maximum atomic E-state index is 15.1. The molecule has 0 unspecified atom stereocenters. The summed E-state index contributed by atoms with van der Waals surface area (Å²) in [6.07, 6.45) is -1.46. The molecule has 2 aliphatic heterocycles. The van der Waals surface area contributed by atoms with Crippen LogP contribution in [0.4, 0.5) is 19.7 Å². The normalized spacial score (nSPS) is 27.6. The molecule has 2 aliphatic rings. The van der Waals surface area contributed by atoms with E-state index in [1.165, 1.54) is 26.0 Å². The van der Waals surface area contributed by atoms with E-state index in [4.69, 9.17) is 20.2 Å². The van der Waals surface area contributed by atoms with Crippen molar-refractivity contribution >= 4 is 33.5 Å². The monoisotopic (exact) mass is 525 g/mol. The maximum absolute atomic E-state index is 15.1. The standard InChI is InChI=1S/C25H36FN3O6S/c1-22(2,3)34-20(30)29(21(31)35-23(4,5)6)19-24(7)13-9-10-18(36(24,32)33)25(8,28-19)16-14-15(27)11-12-17(16)26/h11-12,14,18H,9-10,13,27H2,1-8H3/t18-,24+,25+/m0/s1. The zero-order valence-electron chi connectivity index (χ0n) is 22.1. The highest BCUT2D eigenvalue weighted by Gasteiger charge is 2.64. The van der Waals surface area contributed by atoms with Gasteiger partial charge in [0.15, 0.2) is 9.84 Å². The van der Waals surface area contributed by atoms with Gasteiger partial charge in [0.25, 0.3) is 0 Å². The number of imide groups is 1. The van der Waals surface area contributed by atoms with Crippen LogP contribution in [0, 0.1) is 5.82 Å². The summed E-state index contributed by atoms with van der Waals surface area (Å²) in [5.41, 5.74) is 2.42. The number of hydrogen-bond acceptors (Lipinski definition) is 8. The van der Waals surface area contributed by atoms with Crippen molar-refractivity contribution in [1.82, 2.24) is 4.90 Å². The summed E-state index contributed by atoms with van der Waals surface area (Å²) in [5.74, 6) is -1.05. The van der Waals surface area contributed by atoms with Crippen LogP contribution in [-0.2, 0) is 24.8 Å². The quantitative estimate of drug-likeness (QED) is 0.515. The van der Waals surface area contributed by atoms with Crippen LogP contribution in [0.3, 0.4) is 0 Å². The van der Waals surface area contributed by atoms with Crippen LogP contribution in [0.2, 0.25) is 0 Å². The largest absolute Gasteiger partial charge is 0.443 e. The van der Waals surface area contributed by atoms with Gasteiger partial charge in [-0.3, -0.25) is 4.99 Å². The van der Waals surface area contributed by atoms with Gasteiger partial charge in [-0.1, -0.05) is 6.42 Å². The number of anilines is 1. The number of aliphatic imine (C=N–C) groups is 1. The lowest BCUT2D eigenvalue weighted by molar-refractivity contribution is 0.0136. The number of benzene rings is 1. The molecule has 2 heterocycles. The molecule has 0 aliphatic carbocycles. The minimum atomic E-state index is -4.09. The van der Waals surface area contributed by atoms with Crippen LogP contribution >= 0.6 is 0 Å². The third-order valence-corrected chi connectivity index (χ3v) is 9.55. The van der Waals surface area contributed by atoms with Gasteiger partial charge < -0.3 is 15.2 Å². The summed E-state index contributed by atoms with van der Waals surface area (Å²) in [5, 5.41) is -1.09. The Morgan fingerprint density at radius 1 is 1.08 bits per heavy atom. The second-order valence-electron chi connectivity index (χ2n) is 11.8. The van der Waals surface area contributed by atoms with Crippen molar-refractivity contribution in [1.29, 1.82) is 0 Å². The van der Waals surface area contributed by atoms with Gasteiger partial charge in [0.2, 0.25) is 0 Å². The number of nitrogen functional groups attached to an aromatic ring is 1. The number of amides is 2. The zero-order valence-corrected chi connectivity index (χ0v) is 23.0. The summed E-state index contributed by atoms with van der Waals surface area (Å²) in [7, 11) is -4.09. The fourth-order valence-electron chi connectivity index (χ4n) is 4.78. The highest BCUT2D eigenvalue weighted by atomic mass is 32.2. The van der Waals surface area contributed by atoms with E-state index < -0.39 is 54.6 Å². The van der Waals surface area contributed by atoms with Gasteiger partial charge in [0.05, 0.1) is 5.25 Å². The number of halogens is 1. The Morgan fingerprint density at radius 2 is 1.61 bits per heavy atom. The van der Waals surface area contributed by atoms with Gasteiger partial charge in [-0.2, -0.15) is 4.90 Å². The number of fused-ring (bicyclic) bond motifs is 2. The Balaban J connectivity index is 2.35. The number of nitrogens with two attached hydrogens (primary N) is 1. The molecule has 0 saturated carbocycles. The molecular weight excluding hydrogens is 489 g/mol. The molecule has 11 heteroatoms. The Morgan fingerprint density at radius 3 is 2.11 bits per heavy atom. The van der Waals surface area contributed by atoms with E-state index in [1.54, 1.807) is 41.5 Å². The number of carbonyl (C=O) groups excluding carboxylic acids is 2. The first-order chi connectivity index (χ1) is 16.2. The fourth-order valence-corrected chi connectivity index (χ4v) is 7.49. The Hall–Kier alpha value is -2.69. The molecule has 1 aromatic rings. The molecule has 200 valence electrons. The molecule has 1 saturated heterocycles. The van der Waals surface area contributed by atoms with Crippen LogP contribution in [0.5, 0.6) is 0 Å². The van der Waals surface area contributed by atoms with Gasteiger partial charge in [-0.25, -0.2) is 22.4 Å². The molecule has 0 aromatic heterocycles. The van der Waals surface area contributed by atoms with Crippen molar-refractivity contribution in [2.75, 3.05) is 5.73 Å². The molecule has 1 fully saturated rings. The number of hydrogen-bond donors (Lipinski definition) is 1. The zero-order chi connectivity index (χ0) is 27.5. The average Bonchev–Trinajstić information content (AvgIpc) is 2.67. The minimum Gasteiger partial charge on any atom is -0.443 e. The van der Waals surface area contributed by atoms with Crippen molar-refractivity contribution < 1.29 is 31.9 Å². The van der Waals surface area contributed by atoms with Crippen LogP contribution in [0.25, 0.3) is 0 Å². The highest BCUT2D eigenvalue weighted by molar-refractivity contribution is 7.94. The van der Waals surface area contributed by atoms with Crippen LogP contribution in [0.1, 0.15) is 80.2 Å². The molecule has 2 bridgehead atoms. The molecule has 2 amide bonds. The molecule has 0 radical (unpaired) electrons. The predicted molar refractivity (Wildman–Crippen MR) is 135 cm³/mol. The van der Waals surface area contributed by atoms with Gasteiger partial charge >= 0.3 is 12.2 Å². The lowest BCUT2D eigenvalue weighted by Crippen LogP contribution is -2.66. The van der Waals surface area contributed by atoms with Crippen LogP contribution in [0.15, 0.2) is 23.2 Å². The number of amidine groups is 1. The average molecular weight is 526 g/mol. The summed E-state index contributed by atoms with van der Waals surface area (Å²) >= 11 is 0. The van der Waals surface area contributed by atoms with Gasteiger partial charge in [0.1, 0.15) is 33.1 Å². The molecular formula is C25H36FN3O6S. The van der Waals surface area contributed by atoms with Gasteiger partial charge in [-0.05, 0) is 86.4 Å². The van der Waals surface area contributed by atoms with E-state index in [9.17, 15) is 18.0 Å². The molecule has 3 rings (SSSR count). The lowest BCUT2D eigenvalue weighted by atomic mass is 9.82. The van der Waals surface area contributed by atoms with Crippen LogP contribution < -0.4 is 5.73 Å². The number of rotatable bonds is 1. The first kappa shape index (κ1) is 27.9. The van der Waals surface area contributed by atoms with Gasteiger partial charge in [-0.15, -0.1) is 0 Å². The number of nitrogens with zero attached hydrogens (tertiary/aromatic N) is 2. The summed E-state index contributed by atoms with van der Waals surface area (Å²) in [6.45, 7) is 12.6. The summed E-state index contributed by atoms with van der Waals surface area (Å²) in [6, 6.07) is 3.85. The molecule has 3 atom stereocenters. The second kappa shape index (κ2) is 8.71. The van der Waals surface area contributed by atoms with Crippen molar-refractivity contribution in [2.24, 2.45) is 4.99 Å². The van der Waals surface area contributed by atoms with E-state index in [0.29, 0.717) is 11.3 Å². The topological polar surface area (TPSA) is 128 Å². The van der Waals surface area contributed by atoms with E-state index >= 15 is 4.39 Å². The van der Waals surface area contributed by atoms with Crippen molar-refractivity contribution in [3.8, 4) is 0 Å². The molecule has 36 heavy (non-hydrogen) atoms. The fraction of sp³-hybridized carbons (Fsp3) is 0.640. The lowest BCUT2D eigenvalue weighted by Gasteiger charge is -2.50. The summed E-state index contributed by atoms with van der Waals surface area (Å²) in [4.78, 5) is 32.1. The highest BCUT2D eigenvalue weighted by Crippen LogP contribution is 2.51. The van der Waals surface area contributed by atoms with E-state index in [-0.39, 0.29) is 29.9 Å². The van der Waals surface area contributed by atoms with Crippen molar-refractivity contribution in [3.63, 3.8) is 0 Å².